The zero-order valence-electron chi connectivity index (χ0n) is 15.3. The predicted octanol–water partition coefficient (Wildman–Crippen LogP) is 2.53. The van der Waals surface area contributed by atoms with Crippen LogP contribution in [0.1, 0.15) is 53.8 Å². The second-order valence-electron chi connectivity index (χ2n) is 6.51. The van der Waals surface area contributed by atoms with E-state index in [1.54, 1.807) is 10.6 Å². The second kappa shape index (κ2) is 7.41. The molecule has 0 aliphatic rings. The lowest BCUT2D eigenvalue weighted by atomic mass is 10.1. The highest BCUT2D eigenvalue weighted by molar-refractivity contribution is 6.31. The van der Waals surface area contributed by atoms with Crippen LogP contribution in [0, 0.1) is 13.8 Å². The highest BCUT2D eigenvalue weighted by Gasteiger charge is 2.15. The zero-order chi connectivity index (χ0) is 18.8. The zero-order valence-corrected chi connectivity index (χ0v) is 16.1. The molecule has 0 aliphatic heterocycles. The highest BCUT2D eigenvalue weighted by Crippen LogP contribution is 2.19. The van der Waals surface area contributed by atoms with Crippen molar-refractivity contribution >= 4 is 23.3 Å². The van der Waals surface area contributed by atoms with Crippen molar-refractivity contribution in [2.24, 2.45) is 0 Å². The maximum Gasteiger partial charge on any atom is 0.270 e. The number of rotatable bonds is 6. The monoisotopic (exact) mass is 375 g/mol. The summed E-state index contributed by atoms with van der Waals surface area (Å²) in [5, 5.41) is 12.1. The van der Waals surface area contributed by atoms with Crippen LogP contribution < -0.4 is 5.32 Å². The molecule has 0 bridgehead atoms. The number of carbonyl (C=O) groups is 1. The van der Waals surface area contributed by atoms with E-state index in [2.05, 4.69) is 25.5 Å². The van der Waals surface area contributed by atoms with E-state index in [0.29, 0.717) is 29.6 Å². The van der Waals surface area contributed by atoms with E-state index >= 15 is 0 Å². The number of fused-ring (bicyclic) bond motifs is 1. The topological polar surface area (TPSA) is 90.0 Å². The number of amides is 1. The molecule has 0 atom stereocenters. The molecule has 9 heteroatoms. The van der Waals surface area contributed by atoms with Gasteiger partial charge >= 0.3 is 0 Å². The van der Waals surface area contributed by atoms with Crippen LogP contribution in [-0.4, -0.2) is 41.8 Å². The normalized spacial score (nSPS) is 11.5. The van der Waals surface area contributed by atoms with E-state index in [9.17, 15) is 4.79 Å². The molecule has 3 rings (SSSR count). The van der Waals surface area contributed by atoms with Crippen molar-refractivity contribution in [1.82, 2.24) is 34.7 Å². The number of aromatic nitrogens is 6. The van der Waals surface area contributed by atoms with Crippen LogP contribution in [0.25, 0.3) is 5.78 Å². The number of nitrogens with one attached hydrogen (secondary N) is 1. The Morgan fingerprint density at radius 2 is 2.12 bits per heavy atom. The lowest BCUT2D eigenvalue weighted by Crippen LogP contribution is -2.27. The number of nitrogens with zero attached hydrogens (tertiary/aromatic N) is 6. The Hall–Kier alpha value is -2.48. The number of hydrogen-bond donors (Lipinski definition) is 1. The van der Waals surface area contributed by atoms with Gasteiger partial charge in [-0.15, -0.1) is 0 Å². The van der Waals surface area contributed by atoms with Gasteiger partial charge in [0.25, 0.3) is 11.7 Å². The lowest BCUT2D eigenvalue weighted by Gasteiger charge is -2.10. The van der Waals surface area contributed by atoms with E-state index < -0.39 is 0 Å². The fourth-order valence-electron chi connectivity index (χ4n) is 2.78. The van der Waals surface area contributed by atoms with Crippen LogP contribution in [0.15, 0.2) is 12.4 Å². The molecule has 0 saturated heterocycles. The van der Waals surface area contributed by atoms with Crippen LogP contribution >= 0.6 is 11.6 Å². The van der Waals surface area contributed by atoms with Crippen LogP contribution in [0.3, 0.4) is 0 Å². The van der Waals surface area contributed by atoms with Gasteiger partial charge in [0.15, 0.2) is 0 Å². The van der Waals surface area contributed by atoms with E-state index in [0.717, 1.165) is 23.5 Å². The Morgan fingerprint density at radius 1 is 1.35 bits per heavy atom. The van der Waals surface area contributed by atoms with Crippen molar-refractivity contribution in [1.29, 1.82) is 0 Å². The molecule has 138 valence electrons. The fraction of sp³-hybridized carbons (Fsp3) is 0.471. The van der Waals surface area contributed by atoms with Crippen LogP contribution in [0.4, 0.5) is 0 Å². The summed E-state index contributed by atoms with van der Waals surface area (Å²) in [5.74, 6) is 0.409. The van der Waals surface area contributed by atoms with Gasteiger partial charge in [-0.25, -0.2) is 9.50 Å². The number of aryl methyl sites for hydroxylation is 2. The molecule has 0 saturated carbocycles. The summed E-state index contributed by atoms with van der Waals surface area (Å²) in [5.41, 5.74) is 3.01. The Morgan fingerprint density at radius 3 is 2.77 bits per heavy atom. The summed E-state index contributed by atoms with van der Waals surface area (Å²) in [7, 11) is 0. The summed E-state index contributed by atoms with van der Waals surface area (Å²) in [6.07, 6.45) is 2.18. The van der Waals surface area contributed by atoms with E-state index in [-0.39, 0.29) is 11.8 Å². The molecule has 26 heavy (non-hydrogen) atoms. The van der Waals surface area contributed by atoms with Crippen molar-refractivity contribution in [3.05, 3.63) is 40.2 Å². The smallest absolute Gasteiger partial charge is 0.270 e. The second-order valence-corrected chi connectivity index (χ2v) is 6.89. The third-order valence-corrected chi connectivity index (χ3v) is 4.78. The minimum atomic E-state index is -0.219. The molecule has 0 aromatic carbocycles. The van der Waals surface area contributed by atoms with Crippen LogP contribution in [0.2, 0.25) is 5.02 Å². The van der Waals surface area contributed by atoms with Crippen molar-refractivity contribution in [2.75, 3.05) is 6.54 Å². The van der Waals surface area contributed by atoms with Gasteiger partial charge in [-0.3, -0.25) is 9.48 Å². The number of halogens is 1. The lowest BCUT2D eigenvalue weighted by molar-refractivity contribution is 0.0947. The third-order valence-electron chi connectivity index (χ3n) is 4.23. The Balaban J connectivity index is 1.63. The van der Waals surface area contributed by atoms with Crippen molar-refractivity contribution in [3.63, 3.8) is 0 Å². The summed E-state index contributed by atoms with van der Waals surface area (Å²) < 4.78 is 3.52. The minimum Gasteiger partial charge on any atom is -0.351 e. The largest absolute Gasteiger partial charge is 0.351 e. The van der Waals surface area contributed by atoms with Gasteiger partial charge in [0, 0.05) is 13.1 Å². The molecule has 0 aliphatic carbocycles. The van der Waals surface area contributed by atoms with Gasteiger partial charge in [0.1, 0.15) is 12.0 Å². The molecule has 3 aromatic heterocycles. The van der Waals surface area contributed by atoms with Crippen LogP contribution in [-0.2, 0) is 6.54 Å². The Kier molecular flexibility index (Phi) is 5.22. The molecule has 1 N–H and O–H groups in total. The molecule has 8 nitrogen and oxygen atoms in total. The average Bonchev–Trinajstić information content (AvgIpc) is 3.18. The van der Waals surface area contributed by atoms with Gasteiger partial charge in [0.2, 0.25) is 0 Å². The summed E-state index contributed by atoms with van der Waals surface area (Å²) in [6.45, 7) is 9.10. The summed E-state index contributed by atoms with van der Waals surface area (Å²) in [6, 6.07) is 1.77. The van der Waals surface area contributed by atoms with Gasteiger partial charge in [0.05, 0.1) is 22.1 Å². The Bertz CT molecular complexity index is 944. The van der Waals surface area contributed by atoms with Gasteiger partial charge in [-0.2, -0.15) is 15.2 Å². The van der Waals surface area contributed by atoms with Gasteiger partial charge in [-0.1, -0.05) is 25.4 Å². The number of carbonyl (C=O) groups excluding carboxylic acids is 1. The first-order chi connectivity index (χ1) is 12.4. The molecule has 1 amide bonds. The summed E-state index contributed by atoms with van der Waals surface area (Å²) in [4.78, 5) is 20.8. The molecule has 0 spiro atoms. The van der Waals surface area contributed by atoms with Crippen molar-refractivity contribution in [2.45, 2.75) is 46.6 Å². The third kappa shape index (κ3) is 3.55. The molecule has 0 unspecified atom stereocenters. The van der Waals surface area contributed by atoms with E-state index in [1.165, 1.54) is 6.33 Å². The molecule has 0 radical (unpaired) electrons. The summed E-state index contributed by atoms with van der Waals surface area (Å²) >= 11 is 6.15. The molecule has 0 fully saturated rings. The molecule has 3 aromatic rings. The first kappa shape index (κ1) is 18.3. The number of hydrogen-bond acceptors (Lipinski definition) is 5. The minimum absolute atomic E-state index is 0.199. The standard InChI is InChI=1S/C17H22ClN7O/c1-10(2)14-8-13(22-17-20-9-21-25(14)17)16(26)19-6-5-7-24-12(4)15(18)11(3)23-24/h8-10H,5-7H2,1-4H3,(H,19,26). The van der Waals surface area contributed by atoms with Gasteiger partial charge in [-0.05, 0) is 32.3 Å². The maximum atomic E-state index is 12.4. The van der Waals surface area contributed by atoms with E-state index in [1.807, 2.05) is 32.4 Å². The Labute approximate surface area is 156 Å². The fourth-order valence-corrected chi connectivity index (χ4v) is 2.91. The van der Waals surface area contributed by atoms with E-state index in [4.69, 9.17) is 11.6 Å². The van der Waals surface area contributed by atoms with Crippen LogP contribution in [0.5, 0.6) is 0 Å². The van der Waals surface area contributed by atoms with Crippen molar-refractivity contribution < 1.29 is 4.79 Å². The average molecular weight is 376 g/mol. The first-order valence-electron chi connectivity index (χ1n) is 8.57. The SMILES string of the molecule is Cc1nn(CCCNC(=O)c2cc(C(C)C)n3ncnc3n2)c(C)c1Cl. The first-order valence-corrected chi connectivity index (χ1v) is 8.94. The highest BCUT2D eigenvalue weighted by atomic mass is 35.5. The molecular formula is C17H22ClN7O. The molecule has 3 heterocycles. The molecular weight excluding hydrogens is 354 g/mol. The quantitative estimate of drug-likeness (QED) is 0.668. The predicted molar refractivity (Wildman–Crippen MR) is 98.5 cm³/mol. The van der Waals surface area contributed by atoms with Crippen molar-refractivity contribution in [3.8, 4) is 0 Å². The van der Waals surface area contributed by atoms with Gasteiger partial charge < -0.3 is 5.32 Å². The maximum absolute atomic E-state index is 12.4.